The van der Waals surface area contributed by atoms with Gasteiger partial charge in [-0.05, 0) is 12.1 Å². The summed E-state index contributed by atoms with van der Waals surface area (Å²) in [5, 5.41) is 4.09. The minimum Gasteiger partial charge on any atom is -0.441 e. The van der Waals surface area contributed by atoms with Crippen molar-refractivity contribution >= 4 is 17.4 Å². The molecule has 0 fully saturated rings. The van der Waals surface area contributed by atoms with Gasteiger partial charge in [-0.2, -0.15) is 5.10 Å². The molecule has 3 aromatic rings. The molecule has 0 saturated carbocycles. The third-order valence-electron chi connectivity index (χ3n) is 2.86. The van der Waals surface area contributed by atoms with Crippen molar-refractivity contribution in [1.82, 2.24) is 14.8 Å². The third-order valence-corrected chi connectivity index (χ3v) is 2.86. The van der Waals surface area contributed by atoms with E-state index in [-0.39, 0.29) is 0 Å². The fourth-order valence-electron chi connectivity index (χ4n) is 2.08. The number of hydrogen-bond donors (Lipinski definition) is 0. The van der Waals surface area contributed by atoms with Crippen molar-refractivity contribution in [2.45, 2.75) is 6.92 Å². The first kappa shape index (κ1) is 10.7. The van der Waals surface area contributed by atoms with E-state index in [9.17, 15) is 4.79 Å². The van der Waals surface area contributed by atoms with E-state index in [1.54, 1.807) is 24.9 Å². The van der Waals surface area contributed by atoms with E-state index in [4.69, 9.17) is 4.42 Å². The number of benzene rings is 1. The average Bonchev–Trinajstić information content (AvgIpc) is 2.89. The lowest BCUT2D eigenvalue weighted by atomic mass is 10.1. The van der Waals surface area contributed by atoms with Gasteiger partial charge in [0, 0.05) is 19.5 Å². The van der Waals surface area contributed by atoms with Crippen LogP contribution in [0.25, 0.3) is 22.4 Å². The maximum atomic E-state index is 11.0. The van der Waals surface area contributed by atoms with Crippen LogP contribution in [0, 0.1) is 6.92 Å². The van der Waals surface area contributed by atoms with Crippen LogP contribution in [0.3, 0.4) is 0 Å². The van der Waals surface area contributed by atoms with Crippen LogP contribution >= 0.6 is 0 Å². The van der Waals surface area contributed by atoms with Crippen LogP contribution < -0.4 is 0 Å². The predicted octanol–water partition coefficient (Wildman–Crippen LogP) is 2.35. The Morgan fingerprint density at radius 3 is 3.00 bits per heavy atom. The van der Waals surface area contributed by atoms with Crippen molar-refractivity contribution in [3.63, 3.8) is 0 Å². The van der Waals surface area contributed by atoms with Crippen LogP contribution in [0.15, 0.2) is 28.8 Å². The normalized spacial score (nSPS) is 11.0. The lowest BCUT2D eigenvalue weighted by Crippen LogP contribution is -1.95. The van der Waals surface area contributed by atoms with E-state index >= 15 is 0 Å². The Kier molecular flexibility index (Phi) is 2.26. The topological polar surface area (TPSA) is 60.9 Å². The molecule has 2 aromatic heterocycles. The molecule has 0 radical (unpaired) electrons. The molecule has 5 heteroatoms. The number of carbonyl (C=O) groups is 1. The molecule has 90 valence electrons. The Morgan fingerprint density at radius 1 is 1.39 bits per heavy atom. The van der Waals surface area contributed by atoms with Gasteiger partial charge in [0.1, 0.15) is 5.52 Å². The molecule has 0 saturated heterocycles. The number of fused-ring (bicyclic) bond motifs is 1. The molecule has 0 N–H and O–H groups in total. The van der Waals surface area contributed by atoms with Gasteiger partial charge in [0.2, 0.25) is 0 Å². The molecular formula is C13H11N3O2. The molecule has 0 aliphatic carbocycles. The lowest BCUT2D eigenvalue weighted by Gasteiger charge is -2.02. The number of aryl methyl sites for hydroxylation is 2. The highest BCUT2D eigenvalue weighted by molar-refractivity contribution is 5.88. The molecule has 2 heterocycles. The quantitative estimate of drug-likeness (QED) is 0.646. The van der Waals surface area contributed by atoms with Gasteiger partial charge >= 0.3 is 0 Å². The van der Waals surface area contributed by atoms with Crippen molar-refractivity contribution in [2.75, 3.05) is 0 Å². The lowest BCUT2D eigenvalue weighted by molar-refractivity contribution is 0.112. The van der Waals surface area contributed by atoms with Gasteiger partial charge in [-0.15, -0.1) is 0 Å². The molecular weight excluding hydrogens is 230 g/mol. The molecule has 0 aliphatic heterocycles. The van der Waals surface area contributed by atoms with Crippen LogP contribution in [0.4, 0.5) is 0 Å². The monoisotopic (exact) mass is 241 g/mol. The molecule has 0 spiro atoms. The van der Waals surface area contributed by atoms with Gasteiger partial charge in [0.05, 0.1) is 17.5 Å². The van der Waals surface area contributed by atoms with Crippen molar-refractivity contribution < 1.29 is 9.21 Å². The first-order valence-corrected chi connectivity index (χ1v) is 5.54. The molecule has 18 heavy (non-hydrogen) atoms. The van der Waals surface area contributed by atoms with Crippen molar-refractivity contribution in [3.8, 4) is 11.3 Å². The highest BCUT2D eigenvalue weighted by Crippen LogP contribution is 2.26. The summed E-state index contributed by atoms with van der Waals surface area (Å²) in [5.41, 5.74) is 3.75. The molecule has 0 aliphatic rings. The van der Waals surface area contributed by atoms with E-state index in [2.05, 4.69) is 10.1 Å². The zero-order chi connectivity index (χ0) is 12.7. The Labute approximate surface area is 103 Å². The van der Waals surface area contributed by atoms with Crippen LogP contribution in [0.5, 0.6) is 0 Å². The zero-order valence-electron chi connectivity index (χ0n) is 10.0. The fourth-order valence-corrected chi connectivity index (χ4v) is 2.08. The van der Waals surface area contributed by atoms with Gasteiger partial charge < -0.3 is 4.42 Å². The Bertz CT molecular complexity index is 740. The highest BCUT2D eigenvalue weighted by Gasteiger charge is 2.12. The number of nitrogens with zero attached hydrogens (tertiary/aromatic N) is 3. The minimum absolute atomic E-state index is 0.563. The predicted molar refractivity (Wildman–Crippen MR) is 66.3 cm³/mol. The van der Waals surface area contributed by atoms with E-state index in [1.807, 2.05) is 18.2 Å². The van der Waals surface area contributed by atoms with Crippen molar-refractivity contribution in [2.24, 2.45) is 7.05 Å². The Hall–Kier alpha value is -2.43. The highest BCUT2D eigenvalue weighted by atomic mass is 16.3. The third kappa shape index (κ3) is 1.52. The Morgan fingerprint density at radius 2 is 2.22 bits per heavy atom. The second-order valence-electron chi connectivity index (χ2n) is 4.11. The molecule has 1 aromatic carbocycles. The largest absolute Gasteiger partial charge is 0.441 e. The smallest absolute Gasteiger partial charge is 0.192 e. The van der Waals surface area contributed by atoms with Crippen molar-refractivity contribution in [3.05, 3.63) is 35.9 Å². The SMILES string of the molecule is Cc1nc2ccc(-c3c(C=O)cnn3C)cc2o1. The van der Waals surface area contributed by atoms with Gasteiger partial charge in [-0.3, -0.25) is 9.48 Å². The summed E-state index contributed by atoms with van der Waals surface area (Å²) in [5.74, 6) is 0.628. The number of oxazole rings is 1. The minimum atomic E-state index is 0.563. The number of rotatable bonds is 2. The first-order chi connectivity index (χ1) is 8.69. The maximum absolute atomic E-state index is 11.0. The average molecular weight is 241 g/mol. The molecule has 0 unspecified atom stereocenters. The number of hydrogen-bond acceptors (Lipinski definition) is 4. The van der Waals surface area contributed by atoms with Crippen LogP contribution in [0.2, 0.25) is 0 Å². The summed E-state index contributed by atoms with van der Waals surface area (Å²) in [4.78, 5) is 15.2. The molecule has 0 bridgehead atoms. The van der Waals surface area contributed by atoms with Crippen LogP contribution in [-0.2, 0) is 7.05 Å². The second kappa shape index (κ2) is 3.80. The van der Waals surface area contributed by atoms with E-state index in [0.29, 0.717) is 17.0 Å². The number of aldehydes is 1. The van der Waals surface area contributed by atoms with Gasteiger partial charge in [0.25, 0.3) is 0 Å². The molecule has 3 rings (SSSR count). The van der Waals surface area contributed by atoms with Gasteiger partial charge in [0.15, 0.2) is 17.8 Å². The summed E-state index contributed by atoms with van der Waals surface area (Å²) in [7, 11) is 1.80. The first-order valence-electron chi connectivity index (χ1n) is 5.54. The summed E-state index contributed by atoms with van der Waals surface area (Å²) < 4.78 is 7.17. The van der Waals surface area contributed by atoms with Crippen molar-refractivity contribution in [1.29, 1.82) is 0 Å². The summed E-state index contributed by atoms with van der Waals surface area (Å²) in [6, 6.07) is 5.66. The van der Waals surface area contributed by atoms with Gasteiger partial charge in [-0.25, -0.2) is 4.98 Å². The van der Waals surface area contributed by atoms with E-state index in [1.165, 1.54) is 0 Å². The maximum Gasteiger partial charge on any atom is 0.192 e. The van der Waals surface area contributed by atoms with E-state index in [0.717, 1.165) is 23.1 Å². The summed E-state index contributed by atoms with van der Waals surface area (Å²) >= 11 is 0. The summed E-state index contributed by atoms with van der Waals surface area (Å²) in [6.45, 7) is 1.81. The van der Waals surface area contributed by atoms with E-state index < -0.39 is 0 Å². The van der Waals surface area contributed by atoms with Crippen LogP contribution in [-0.4, -0.2) is 21.1 Å². The zero-order valence-corrected chi connectivity index (χ0v) is 10.0. The number of carbonyl (C=O) groups excluding carboxylic acids is 1. The molecule has 5 nitrogen and oxygen atoms in total. The fraction of sp³-hybridized carbons (Fsp3) is 0.154. The molecule has 0 atom stereocenters. The Balaban J connectivity index is 2.24. The standard InChI is InChI=1S/C13H11N3O2/c1-8-15-11-4-3-9(5-12(11)18-8)13-10(7-17)6-14-16(13)2/h3-7H,1-2H3. The summed E-state index contributed by atoms with van der Waals surface area (Å²) in [6.07, 6.45) is 2.36. The number of aromatic nitrogens is 3. The van der Waals surface area contributed by atoms with Gasteiger partial charge in [-0.1, -0.05) is 6.07 Å². The van der Waals surface area contributed by atoms with Crippen LogP contribution in [0.1, 0.15) is 16.2 Å². The molecule has 0 amide bonds. The second-order valence-corrected chi connectivity index (χ2v) is 4.11.